The number of nitrogens with zero attached hydrogens (tertiary/aromatic N) is 2. The summed E-state index contributed by atoms with van der Waals surface area (Å²) >= 11 is 0. The first-order valence-corrected chi connectivity index (χ1v) is 9.45. The van der Waals surface area contributed by atoms with E-state index >= 15 is 0 Å². The molecule has 2 heterocycles. The molecule has 1 saturated heterocycles. The van der Waals surface area contributed by atoms with Crippen LogP contribution in [0.25, 0.3) is 0 Å². The number of carbonyl (C=O) groups is 1. The van der Waals surface area contributed by atoms with Gasteiger partial charge in [0.2, 0.25) is 5.91 Å². The molecule has 0 aromatic carbocycles. The second-order valence-electron chi connectivity index (χ2n) is 7.02. The highest BCUT2D eigenvalue weighted by molar-refractivity contribution is 5.82. The largest absolute Gasteiger partial charge is 0.357 e. The molecule has 1 aromatic rings. The number of amides is 1. The van der Waals surface area contributed by atoms with E-state index in [-0.39, 0.29) is 11.9 Å². The van der Waals surface area contributed by atoms with Gasteiger partial charge >= 0.3 is 0 Å². The van der Waals surface area contributed by atoms with Crippen LogP contribution < -0.4 is 15.5 Å². The summed E-state index contributed by atoms with van der Waals surface area (Å²) in [4.78, 5) is 19.2. The molecule has 2 fully saturated rings. The molecule has 0 bridgehead atoms. The standard InChI is InChI=1S/C19H30N4O/c1-3-23(4-2)18-10-9-14(12-20-18)13-21-19(24)17-11-15-7-5-6-8-16(15)22-17/h9-10,12,15-17,22H,3-8,11,13H2,1-2H3,(H,21,24). The molecule has 1 aliphatic heterocycles. The molecule has 24 heavy (non-hydrogen) atoms. The number of rotatable bonds is 6. The summed E-state index contributed by atoms with van der Waals surface area (Å²) in [7, 11) is 0. The highest BCUT2D eigenvalue weighted by Crippen LogP contribution is 2.33. The molecule has 3 atom stereocenters. The van der Waals surface area contributed by atoms with E-state index in [4.69, 9.17) is 0 Å². The minimum absolute atomic E-state index is 0.0130. The van der Waals surface area contributed by atoms with Crippen molar-refractivity contribution >= 4 is 11.7 Å². The summed E-state index contributed by atoms with van der Waals surface area (Å²) < 4.78 is 0. The Balaban J connectivity index is 1.49. The highest BCUT2D eigenvalue weighted by atomic mass is 16.2. The van der Waals surface area contributed by atoms with Crippen LogP contribution in [0.3, 0.4) is 0 Å². The summed E-state index contributed by atoms with van der Waals surface area (Å²) in [6, 6.07) is 4.64. The lowest BCUT2D eigenvalue weighted by atomic mass is 9.85. The Hall–Kier alpha value is -1.62. The van der Waals surface area contributed by atoms with E-state index in [1.165, 1.54) is 25.7 Å². The van der Waals surface area contributed by atoms with E-state index in [0.717, 1.165) is 30.9 Å². The van der Waals surface area contributed by atoms with Gasteiger partial charge in [-0.2, -0.15) is 0 Å². The van der Waals surface area contributed by atoms with Crippen LogP contribution in [0.15, 0.2) is 18.3 Å². The Morgan fingerprint density at radius 3 is 2.75 bits per heavy atom. The van der Waals surface area contributed by atoms with Crippen molar-refractivity contribution in [1.29, 1.82) is 0 Å². The number of carbonyl (C=O) groups excluding carboxylic acids is 1. The van der Waals surface area contributed by atoms with E-state index in [0.29, 0.717) is 18.5 Å². The number of aromatic nitrogens is 1. The lowest BCUT2D eigenvalue weighted by Gasteiger charge is -2.24. The fourth-order valence-electron chi connectivity index (χ4n) is 4.09. The van der Waals surface area contributed by atoms with Crippen molar-refractivity contribution < 1.29 is 4.79 Å². The number of hydrogen-bond donors (Lipinski definition) is 2. The Morgan fingerprint density at radius 2 is 2.08 bits per heavy atom. The van der Waals surface area contributed by atoms with Crippen molar-refractivity contribution in [3.63, 3.8) is 0 Å². The average Bonchev–Trinajstić information content (AvgIpc) is 3.06. The second-order valence-corrected chi connectivity index (χ2v) is 7.02. The average molecular weight is 330 g/mol. The molecule has 1 saturated carbocycles. The Morgan fingerprint density at radius 1 is 1.29 bits per heavy atom. The Bertz CT molecular complexity index is 527. The summed E-state index contributed by atoms with van der Waals surface area (Å²) in [5.41, 5.74) is 1.05. The predicted octanol–water partition coefficient (Wildman–Crippen LogP) is 2.46. The first-order chi connectivity index (χ1) is 11.7. The van der Waals surface area contributed by atoms with Gasteiger partial charge in [-0.1, -0.05) is 18.9 Å². The van der Waals surface area contributed by atoms with Crippen molar-refractivity contribution in [2.24, 2.45) is 5.92 Å². The van der Waals surface area contributed by atoms with E-state index < -0.39 is 0 Å². The van der Waals surface area contributed by atoms with Gasteiger partial charge < -0.3 is 15.5 Å². The Labute approximate surface area is 145 Å². The molecular formula is C19H30N4O. The summed E-state index contributed by atoms with van der Waals surface area (Å²) in [5, 5.41) is 6.61. The van der Waals surface area contributed by atoms with E-state index in [1.807, 2.05) is 12.3 Å². The third-order valence-corrected chi connectivity index (χ3v) is 5.54. The van der Waals surface area contributed by atoms with Crippen molar-refractivity contribution in [2.45, 2.75) is 64.6 Å². The van der Waals surface area contributed by atoms with Gasteiger partial charge in [-0.15, -0.1) is 0 Å². The SMILES string of the molecule is CCN(CC)c1ccc(CNC(=O)C2CC3CCCCC3N2)cn1. The maximum Gasteiger partial charge on any atom is 0.237 e. The van der Waals surface area contributed by atoms with Gasteiger partial charge in [0.05, 0.1) is 6.04 Å². The van der Waals surface area contributed by atoms with Gasteiger partial charge in [0.1, 0.15) is 5.82 Å². The van der Waals surface area contributed by atoms with Gasteiger partial charge in [-0.05, 0) is 50.7 Å². The van der Waals surface area contributed by atoms with Gasteiger partial charge in [0.25, 0.3) is 0 Å². The molecule has 2 N–H and O–H groups in total. The van der Waals surface area contributed by atoms with Crippen LogP contribution in [-0.2, 0) is 11.3 Å². The van der Waals surface area contributed by atoms with Gasteiger partial charge in [-0.25, -0.2) is 4.98 Å². The van der Waals surface area contributed by atoms with Crippen LogP contribution in [0.1, 0.15) is 51.5 Å². The van der Waals surface area contributed by atoms with Crippen LogP contribution in [0.2, 0.25) is 0 Å². The molecule has 1 aromatic heterocycles. The lowest BCUT2D eigenvalue weighted by molar-refractivity contribution is -0.123. The monoisotopic (exact) mass is 330 g/mol. The maximum absolute atomic E-state index is 12.4. The number of pyridine rings is 1. The van der Waals surface area contributed by atoms with E-state index in [2.05, 4.69) is 40.4 Å². The predicted molar refractivity (Wildman–Crippen MR) is 96.9 cm³/mol. The number of hydrogen-bond acceptors (Lipinski definition) is 4. The molecule has 132 valence electrons. The van der Waals surface area contributed by atoms with Crippen molar-refractivity contribution in [1.82, 2.24) is 15.6 Å². The minimum Gasteiger partial charge on any atom is -0.357 e. The van der Waals surface area contributed by atoms with Crippen molar-refractivity contribution in [3.05, 3.63) is 23.9 Å². The van der Waals surface area contributed by atoms with Crippen molar-refractivity contribution in [2.75, 3.05) is 18.0 Å². The minimum atomic E-state index is -0.0130. The third kappa shape index (κ3) is 3.89. The molecule has 5 heteroatoms. The summed E-state index contributed by atoms with van der Waals surface area (Å²) in [6.07, 6.45) is 7.99. The zero-order chi connectivity index (χ0) is 16.9. The van der Waals surface area contributed by atoms with Crippen LogP contribution in [0.5, 0.6) is 0 Å². The van der Waals surface area contributed by atoms with Gasteiger partial charge in [-0.3, -0.25) is 4.79 Å². The van der Waals surface area contributed by atoms with Crippen molar-refractivity contribution in [3.8, 4) is 0 Å². The number of anilines is 1. The molecule has 5 nitrogen and oxygen atoms in total. The summed E-state index contributed by atoms with van der Waals surface area (Å²) in [5.74, 6) is 1.83. The van der Waals surface area contributed by atoms with Gasteiger partial charge in [0.15, 0.2) is 0 Å². The second kappa shape index (κ2) is 7.97. The topological polar surface area (TPSA) is 57.3 Å². The smallest absolute Gasteiger partial charge is 0.237 e. The van der Waals surface area contributed by atoms with Crippen LogP contribution in [-0.4, -0.2) is 36.1 Å². The molecule has 3 unspecified atom stereocenters. The zero-order valence-corrected chi connectivity index (χ0v) is 14.9. The maximum atomic E-state index is 12.4. The fourth-order valence-corrected chi connectivity index (χ4v) is 4.09. The molecule has 1 amide bonds. The van der Waals surface area contributed by atoms with Gasteiger partial charge in [0, 0.05) is 31.9 Å². The first kappa shape index (κ1) is 17.2. The van der Waals surface area contributed by atoms with E-state index in [9.17, 15) is 4.79 Å². The third-order valence-electron chi connectivity index (χ3n) is 5.54. The van der Waals surface area contributed by atoms with Crippen LogP contribution >= 0.6 is 0 Å². The number of nitrogens with one attached hydrogen (secondary N) is 2. The van der Waals surface area contributed by atoms with Crippen LogP contribution in [0.4, 0.5) is 5.82 Å². The van der Waals surface area contributed by atoms with Crippen LogP contribution in [0, 0.1) is 5.92 Å². The number of fused-ring (bicyclic) bond motifs is 1. The fraction of sp³-hybridized carbons (Fsp3) is 0.684. The molecule has 0 radical (unpaired) electrons. The molecule has 3 rings (SSSR count). The zero-order valence-electron chi connectivity index (χ0n) is 14.9. The first-order valence-electron chi connectivity index (χ1n) is 9.45. The molecule has 0 spiro atoms. The Kier molecular flexibility index (Phi) is 5.72. The summed E-state index contributed by atoms with van der Waals surface area (Å²) in [6.45, 7) is 6.72. The lowest BCUT2D eigenvalue weighted by Crippen LogP contribution is -2.42. The quantitative estimate of drug-likeness (QED) is 0.841. The molecule has 1 aliphatic carbocycles. The highest BCUT2D eigenvalue weighted by Gasteiger charge is 2.37. The normalized spacial score (nSPS) is 26.0. The van der Waals surface area contributed by atoms with E-state index in [1.54, 1.807) is 0 Å². The molecular weight excluding hydrogens is 300 g/mol. The molecule has 2 aliphatic rings.